The Morgan fingerprint density at radius 1 is 1.46 bits per heavy atom. The zero-order valence-corrected chi connectivity index (χ0v) is 7.69. The number of carboxylic acids is 1. The fraction of sp³-hybridized carbons (Fsp3) is 0.750. The number of carboxylic acid groups (broad SMARTS) is 1. The van der Waals surface area contributed by atoms with Crippen molar-refractivity contribution < 1.29 is 19.4 Å². The van der Waals surface area contributed by atoms with Crippen LogP contribution in [0.25, 0.3) is 0 Å². The molecular weight excluding hydrogens is 174 g/mol. The number of aliphatic carboxylic acids is 1. The molecule has 1 saturated heterocycles. The highest BCUT2D eigenvalue weighted by Crippen LogP contribution is 2.11. The van der Waals surface area contributed by atoms with Gasteiger partial charge < -0.3 is 14.7 Å². The molecule has 1 amide bonds. The van der Waals surface area contributed by atoms with Crippen molar-refractivity contribution in [1.82, 2.24) is 4.90 Å². The van der Waals surface area contributed by atoms with E-state index in [0.29, 0.717) is 6.54 Å². The number of carbonyl (C=O) groups excluding carboxylic acids is 1. The van der Waals surface area contributed by atoms with E-state index in [0.717, 1.165) is 0 Å². The maximum absolute atomic E-state index is 11.0. The molecule has 5 heteroatoms. The first-order chi connectivity index (χ1) is 6.00. The molecule has 0 aliphatic carbocycles. The van der Waals surface area contributed by atoms with Crippen LogP contribution in [0, 0.1) is 0 Å². The van der Waals surface area contributed by atoms with Crippen LogP contribution in [0.5, 0.6) is 0 Å². The van der Waals surface area contributed by atoms with Crippen molar-refractivity contribution >= 4 is 11.9 Å². The first-order valence-electron chi connectivity index (χ1n) is 4.14. The second-order valence-corrected chi connectivity index (χ2v) is 3.20. The molecule has 2 atom stereocenters. The van der Waals surface area contributed by atoms with E-state index in [1.54, 1.807) is 6.92 Å². The predicted octanol–water partition coefficient (Wildman–Crippen LogP) is -0.293. The molecular formula is C8H13NO4. The van der Waals surface area contributed by atoms with Crippen molar-refractivity contribution in [2.75, 3.05) is 13.1 Å². The minimum atomic E-state index is -1.02. The maximum Gasteiger partial charge on any atom is 0.334 e. The second kappa shape index (κ2) is 3.74. The van der Waals surface area contributed by atoms with Gasteiger partial charge in [0, 0.05) is 13.5 Å². The number of morpholine rings is 1. The zero-order chi connectivity index (χ0) is 10.0. The van der Waals surface area contributed by atoms with Crippen LogP contribution < -0.4 is 0 Å². The standard InChI is InChI=1S/C8H13NO4/c1-5-3-9(6(2)10)4-7(13-5)8(11)12/h5,7H,3-4H2,1-2H3,(H,11,12)/t5-,7?/m1/s1. The molecule has 0 radical (unpaired) electrons. The molecule has 1 aliphatic rings. The fourth-order valence-corrected chi connectivity index (χ4v) is 1.34. The van der Waals surface area contributed by atoms with Crippen LogP contribution in [-0.4, -0.2) is 47.2 Å². The summed E-state index contributed by atoms with van der Waals surface area (Å²) in [6.07, 6.45) is -1.09. The number of nitrogens with zero attached hydrogens (tertiary/aromatic N) is 1. The minimum Gasteiger partial charge on any atom is -0.479 e. The Balaban J connectivity index is 2.62. The minimum absolute atomic E-state index is 0.110. The van der Waals surface area contributed by atoms with Gasteiger partial charge in [0.25, 0.3) is 0 Å². The summed E-state index contributed by atoms with van der Waals surface area (Å²) in [7, 11) is 0. The molecule has 0 spiro atoms. The molecule has 1 rings (SSSR count). The first kappa shape index (κ1) is 9.98. The van der Waals surface area contributed by atoms with Gasteiger partial charge in [0.15, 0.2) is 6.10 Å². The fourth-order valence-electron chi connectivity index (χ4n) is 1.34. The Hall–Kier alpha value is -1.10. The Labute approximate surface area is 76.3 Å². The molecule has 0 aromatic heterocycles. The van der Waals surface area contributed by atoms with Gasteiger partial charge in [0.1, 0.15) is 0 Å². The molecule has 0 bridgehead atoms. The molecule has 1 N–H and O–H groups in total. The van der Waals surface area contributed by atoms with E-state index in [2.05, 4.69) is 0 Å². The monoisotopic (exact) mass is 187 g/mol. The largest absolute Gasteiger partial charge is 0.479 e. The Kier molecular flexibility index (Phi) is 2.87. The SMILES string of the molecule is CC(=O)N1CC(C(=O)O)O[C@H](C)C1. The number of ether oxygens (including phenoxy) is 1. The lowest BCUT2D eigenvalue weighted by Gasteiger charge is -2.34. The van der Waals surface area contributed by atoms with Crippen molar-refractivity contribution in [3.05, 3.63) is 0 Å². The smallest absolute Gasteiger partial charge is 0.334 e. The van der Waals surface area contributed by atoms with Gasteiger partial charge >= 0.3 is 5.97 Å². The molecule has 5 nitrogen and oxygen atoms in total. The van der Waals surface area contributed by atoms with E-state index in [9.17, 15) is 9.59 Å². The van der Waals surface area contributed by atoms with Crippen LogP contribution in [0.2, 0.25) is 0 Å². The number of amides is 1. The van der Waals surface area contributed by atoms with Crippen molar-refractivity contribution in [3.63, 3.8) is 0 Å². The van der Waals surface area contributed by atoms with Crippen molar-refractivity contribution in [2.45, 2.75) is 26.1 Å². The maximum atomic E-state index is 11.0. The van der Waals surface area contributed by atoms with Gasteiger partial charge in [-0.25, -0.2) is 4.79 Å². The van der Waals surface area contributed by atoms with Crippen LogP contribution in [0.3, 0.4) is 0 Å². The number of rotatable bonds is 1. The zero-order valence-electron chi connectivity index (χ0n) is 7.69. The Morgan fingerprint density at radius 3 is 2.54 bits per heavy atom. The van der Waals surface area contributed by atoms with E-state index >= 15 is 0 Å². The third-order valence-corrected chi connectivity index (χ3v) is 1.98. The van der Waals surface area contributed by atoms with E-state index in [-0.39, 0.29) is 18.6 Å². The summed E-state index contributed by atoms with van der Waals surface area (Å²) < 4.78 is 5.13. The van der Waals surface area contributed by atoms with E-state index in [1.807, 2.05) is 0 Å². The van der Waals surface area contributed by atoms with Crippen LogP contribution in [0.1, 0.15) is 13.8 Å². The van der Waals surface area contributed by atoms with Crippen molar-refractivity contribution in [2.24, 2.45) is 0 Å². The van der Waals surface area contributed by atoms with Gasteiger partial charge in [0.05, 0.1) is 12.6 Å². The molecule has 0 aromatic carbocycles. The number of hydrogen-bond acceptors (Lipinski definition) is 3. The molecule has 1 fully saturated rings. The number of hydrogen-bond donors (Lipinski definition) is 1. The first-order valence-corrected chi connectivity index (χ1v) is 4.14. The van der Waals surface area contributed by atoms with E-state index in [4.69, 9.17) is 9.84 Å². The van der Waals surface area contributed by atoms with Gasteiger partial charge in [-0.2, -0.15) is 0 Å². The molecule has 13 heavy (non-hydrogen) atoms. The van der Waals surface area contributed by atoms with Crippen molar-refractivity contribution in [1.29, 1.82) is 0 Å². The molecule has 74 valence electrons. The molecule has 1 heterocycles. The Bertz CT molecular complexity index is 206. The molecule has 0 saturated carbocycles. The normalized spacial score (nSPS) is 28.6. The summed E-state index contributed by atoms with van der Waals surface area (Å²) in [5, 5.41) is 8.69. The quantitative estimate of drug-likeness (QED) is 0.612. The van der Waals surface area contributed by atoms with Crippen LogP contribution >= 0.6 is 0 Å². The average Bonchev–Trinajstić information content (AvgIpc) is 2.03. The lowest BCUT2D eigenvalue weighted by atomic mass is 10.2. The van der Waals surface area contributed by atoms with Gasteiger partial charge in [0.2, 0.25) is 5.91 Å². The summed E-state index contributed by atoms with van der Waals surface area (Å²) in [6, 6.07) is 0. The third-order valence-electron chi connectivity index (χ3n) is 1.98. The number of carbonyl (C=O) groups is 2. The summed E-state index contributed by atoms with van der Waals surface area (Å²) in [6.45, 7) is 3.80. The van der Waals surface area contributed by atoms with Crippen molar-refractivity contribution in [3.8, 4) is 0 Å². The van der Waals surface area contributed by atoms with Crippen LogP contribution in [-0.2, 0) is 14.3 Å². The summed E-state index contributed by atoms with van der Waals surface area (Å²) >= 11 is 0. The molecule has 1 unspecified atom stereocenters. The van der Waals surface area contributed by atoms with E-state index in [1.165, 1.54) is 11.8 Å². The average molecular weight is 187 g/mol. The topological polar surface area (TPSA) is 66.8 Å². The van der Waals surface area contributed by atoms with Gasteiger partial charge in [-0.1, -0.05) is 0 Å². The summed E-state index contributed by atoms with van der Waals surface area (Å²) in [5.74, 6) is -1.13. The van der Waals surface area contributed by atoms with Gasteiger partial charge in [-0.3, -0.25) is 4.79 Å². The summed E-state index contributed by atoms with van der Waals surface area (Å²) in [5.41, 5.74) is 0. The highest BCUT2D eigenvalue weighted by molar-refractivity contribution is 5.77. The Morgan fingerprint density at radius 2 is 2.08 bits per heavy atom. The van der Waals surface area contributed by atoms with E-state index < -0.39 is 12.1 Å². The van der Waals surface area contributed by atoms with Gasteiger partial charge in [-0.05, 0) is 6.92 Å². The predicted molar refractivity (Wildman–Crippen MR) is 44.2 cm³/mol. The van der Waals surface area contributed by atoms with Crippen LogP contribution in [0.15, 0.2) is 0 Å². The van der Waals surface area contributed by atoms with Gasteiger partial charge in [-0.15, -0.1) is 0 Å². The highest BCUT2D eigenvalue weighted by atomic mass is 16.5. The summed E-state index contributed by atoms with van der Waals surface area (Å²) in [4.78, 5) is 23.1. The molecule has 0 aromatic rings. The van der Waals surface area contributed by atoms with Crippen LogP contribution in [0.4, 0.5) is 0 Å². The lowest BCUT2D eigenvalue weighted by molar-refractivity contribution is -0.165. The second-order valence-electron chi connectivity index (χ2n) is 3.20. The highest BCUT2D eigenvalue weighted by Gasteiger charge is 2.31. The third kappa shape index (κ3) is 2.42. The molecule has 1 aliphatic heterocycles. The lowest BCUT2D eigenvalue weighted by Crippen LogP contribution is -2.51.